The van der Waals surface area contributed by atoms with E-state index < -0.39 is 0 Å². The lowest BCUT2D eigenvalue weighted by molar-refractivity contribution is -0.128. The zero-order valence-electron chi connectivity index (χ0n) is 19.0. The first-order valence-corrected chi connectivity index (χ1v) is 11.1. The molecule has 2 fully saturated rings. The Labute approximate surface area is 188 Å². The predicted molar refractivity (Wildman–Crippen MR) is 123 cm³/mol. The minimum absolute atomic E-state index is 0.0836. The van der Waals surface area contributed by atoms with Crippen molar-refractivity contribution in [3.8, 4) is 5.75 Å². The number of methoxy groups -OCH3 is 1. The number of nitrogens with zero attached hydrogens (tertiary/aromatic N) is 3. The normalized spacial score (nSPS) is 18.5. The summed E-state index contributed by atoms with van der Waals surface area (Å²) in [7, 11) is 1.65. The van der Waals surface area contributed by atoms with Crippen LogP contribution in [-0.2, 0) is 9.53 Å². The number of nitrogens with one attached hydrogen (secondary N) is 2. The maximum absolute atomic E-state index is 12.3. The van der Waals surface area contributed by atoms with E-state index in [0.717, 1.165) is 55.8 Å². The van der Waals surface area contributed by atoms with Crippen LogP contribution in [0, 0.1) is 17.7 Å². The van der Waals surface area contributed by atoms with Crippen LogP contribution in [0.4, 0.5) is 5.82 Å². The summed E-state index contributed by atoms with van der Waals surface area (Å²) in [4.78, 5) is 23.3. The molecule has 8 heteroatoms. The SMILES string of the molecule is COCC(C)Oc1ccc(C)c(C(=N)c2cc(N3CCC4(CCNC4=O)CC3)ncn2)c1. The molecule has 0 bridgehead atoms. The lowest BCUT2D eigenvalue weighted by atomic mass is 9.77. The van der Waals surface area contributed by atoms with Gasteiger partial charge in [-0.2, -0.15) is 0 Å². The van der Waals surface area contributed by atoms with E-state index in [2.05, 4.69) is 20.2 Å². The number of rotatable bonds is 7. The van der Waals surface area contributed by atoms with Gasteiger partial charge in [0.25, 0.3) is 0 Å². The molecule has 1 atom stereocenters. The van der Waals surface area contributed by atoms with Crippen molar-refractivity contribution >= 4 is 17.4 Å². The van der Waals surface area contributed by atoms with Gasteiger partial charge in [0.15, 0.2) is 0 Å². The van der Waals surface area contributed by atoms with E-state index in [1.54, 1.807) is 7.11 Å². The Bertz CT molecular complexity index is 1000. The molecule has 0 radical (unpaired) electrons. The van der Waals surface area contributed by atoms with E-state index in [1.165, 1.54) is 6.33 Å². The largest absolute Gasteiger partial charge is 0.488 e. The van der Waals surface area contributed by atoms with Crippen molar-refractivity contribution in [3.63, 3.8) is 0 Å². The van der Waals surface area contributed by atoms with Crippen molar-refractivity contribution in [3.05, 3.63) is 47.4 Å². The predicted octanol–water partition coefficient (Wildman–Crippen LogP) is 2.72. The first-order valence-electron chi connectivity index (χ1n) is 11.1. The van der Waals surface area contributed by atoms with Crippen LogP contribution in [-0.4, -0.2) is 61.0 Å². The summed E-state index contributed by atoms with van der Waals surface area (Å²) < 4.78 is 11.1. The molecule has 2 aliphatic rings. The number of aryl methyl sites for hydroxylation is 1. The van der Waals surface area contributed by atoms with E-state index in [-0.39, 0.29) is 17.4 Å². The van der Waals surface area contributed by atoms with Gasteiger partial charge in [0.2, 0.25) is 5.91 Å². The van der Waals surface area contributed by atoms with Crippen molar-refractivity contribution in [1.82, 2.24) is 15.3 Å². The standard InChI is InChI=1S/C24H31N5O3/c1-16-4-5-18(32-17(2)14-31-3)12-19(16)22(25)20-13-21(28-15-27-20)29-10-7-24(8-11-29)6-9-26-23(24)30/h4-5,12-13,15,17,25H,6-11,14H2,1-3H3,(H,26,30). The second kappa shape index (κ2) is 9.24. The molecule has 4 rings (SSSR count). The third-order valence-electron chi connectivity index (χ3n) is 6.54. The molecule has 32 heavy (non-hydrogen) atoms. The first-order chi connectivity index (χ1) is 15.4. The van der Waals surface area contributed by atoms with Crippen molar-refractivity contribution in [1.29, 1.82) is 5.41 Å². The van der Waals surface area contributed by atoms with Gasteiger partial charge in [-0.1, -0.05) is 6.07 Å². The second-order valence-electron chi connectivity index (χ2n) is 8.77. The fourth-order valence-electron chi connectivity index (χ4n) is 4.60. The summed E-state index contributed by atoms with van der Waals surface area (Å²) >= 11 is 0. The molecule has 1 unspecified atom stereocenters. The van der Waals surface area contributed by atoms with Gasteiger partial charge in [-0.15, -0.1) is 0 Å². The van der Waals surface area contributed by atoms with Crippen molar-refractivity contribution < 1.29 is 14.3 Å². The minimum atomic E-state index is -0.212. The van der Waals surface area contributed by atoms with Gasteiger partial charge in [-0.25, -0.2) is 9.97 Å². The Hall–Kier alpha value is -3.00. The number of aromatic nitrogens is 2. The molecule has 8 nitrogen and oxygen atoms in total. The van der Waals surface area contributed by atoms with Gasteiger partial charge in [-0.3, -0.25) is 10.2 Å². The number of carbonyl (C=O) groups excluding carboxylic acids is 1. The molecule has 1 spiro atoms. The van der Waals surface area contributed by atoms with Crippen LogP contribution in [0.5, 0.6) is 5.75 Å². The number of hydrogen-bond acceptors (Lipinski definition) is 7. The van der Waals surface area contributed by atoms with E-state index in [4.69, 9.17) is 14.9 Å². The number of benzene rings is 1. The summed E-state index contributed by atoms with van der Waals surface area (Å²) in [6.07, 6.45) is 4.00. The Balaban J connectivity index is 1.50. The van der Waals surface area contributed by atoms with Crippen LogP contribution in [0.3, 0.4) is 0 Å². The number of ether oxygens (including phenoxy) is 2. The molecule has 2 aromatic rings. The van der Waals surface area contributed by atoms with Crippen LogP contribution in [0.15, 0.2) is 30.6 Å². The molecule has 0 aliphatic carbocycles. The highest BCUT2D eigenvalue weighted by Crippen LogP contribution is 2.38. The van der Waals surface area contributed by atoms with Gasteiger partial charge in [-0.05, 0) is 50.8 Å². The Morgan fingerprint density at radius 2 is 2.03 bits per heavy atom. The number of carbonyl (C=O) groups is 1. The molecule has 3 heterocycles. The molecule has 2 aliphatic heterocycles. The van der Waals surface area contributed by atoms with Crippen LogP contribution in [0.2, 0.25) is 0 Å². The van der Waals surface area contributed by atoms with Crippen molar-refractivity contribution in [2.75, 3.05) is 38.3 Å². The average molecular weight is 438 g/mol. The maximum atomic E-state index is 12.3. The number of anilines is 1. The molecule has 1 amide bonds. The van der Waals surface area contributed by atoms with Gasteiger partial charge >= 0.3 is 0 Å². The van der Waals surface area contributed by atoms with Crippen LogP contribution in [0.25, 0.3) is 0 Å². The zero-order chi connectivity index (χ0) is 22.7. The fourth-order valence-corrected chi connectivity index (χ4v) is 4.60. The number of hydrogen-bond donors (Lipinski definition) is 2. The van der Waals surface area contributed by atoms with Crippen LogP contribution < -0.4 is 15.0 Å². The summed E-state index contributed by atoms with van der Waals surface area (Å²) in [5.41, 5.74) is 2.45. The molecule has 2 saturated heterocycles. The summed E-state index contributed by atoms with van der Waals surface area (Å²) in [6, 6.07) is 7.62. The molecule has 2 N–H and O–H groups in total. The molecular weight excluding hydrogens is 406 g/mol. The zero-order valence-corrected chi connectivity index (χ0v) is 19.0. The van der Waals surface area contributed by atoms with E-state index in [0.29, 0.717) is 23.8 Å². The van der Waals surface area contributed by atoms with Crippen molar-refractivity contribution in [2.45, 2.75) is 39.2 Å². The molecular formula is C24H31N5O3. The maximum Gasteiger partial charge on any atom is 0.226 e. The summed E-state index contributed by atoms with van der Waals surface area (Å²) in [5.74, 6) is 1.69. The molecule has 0 saturated carbocycles. The summed E-state index contributed by atoms with van der Waals surface area (Å²) in [5, 5.41) is 11.8. The topological polar surface area (TPSA) is 100 Å². The quantitative estimate of drug-likeness (QED) is 0.646. The lowest BCUT2D eigenvalue weighted by Gasteiger charge is -2.37. The Kier molecular flexibility index (Phi) is 6.41. The molecule has 1 aromatic heterocycles. The highest BCUT2D eigenvalue weighted by Gasteiger charge is 2.44. The number of amides is 1. The highest BCUT2D eigenvalue weighted by atomic mass is 16.5. The Morgan fingerprint density at radius 3 is 2.72 bits per heavy atom. The van der Waals surface area contributed by atoms with Crippen LogP contribution in [0.1, 0.15) is 43.0 Å². The van der Waals surface area contributed by atoms with E-state index in [9.17, 15) is 4.79 Å². The summed E-state index contributed by atoms with van der Waals surface area (Å²) in [6.45, 7) is 6.75. The first kappa shape index (κ1) is 22.2. The third kappa shape index (κ3) is 4.46. The van der Waals surface area contributed by atoms with Gasteiger partial charge in [0.05, 0.1) is 23.4 Å². The van der Waals surface area contributed by atoms with Crippen molar-refractivity contribution in [2.24, 2.45) is 5.41 Å². The van der Waals surface area contributed by atoms with E-state index >= 15 is 0 Å². The minimum Gasteiger partial charge on any atom is -0.488 e. The van der Waals surface area contributed by atoms with Gasteiger partial charge in [0, 0.05) is 38.4 Å². The molecule has 1 aromatic carbocycles. The number of piperidine rings is 1. The third-order valence-corrected chi connectivity index (χ3v) is 6.54. The molecule has 170 valence electrons. The highest BCUT2D eigenvalue weighted by molar-refractivity contribution is 6.11. The lowest BCUT2D eigenvalue weighted by Crippen LogP contribution is -2.44. The fraction of sp³-hybridized carbons (Fsp3) is 0.500. The average Bonchev–Trinajstić information content (AvgIpc) is 3.14. The monoisotopic (exact) mass is 437 g/mol. The van der Waals surface area contributed by atoms with Gasteiger partial charge < -0.3 is 19.7 Å². The van der Waals surface area contributed by atoms with Gasteiger partial charge in [0.1, 0.15) is 24.0 Å². The van der Waals surface area contributed by atoms with Crippen LogP contribution >= 0.6 is 0 Å². The second-order valence-corrected chi connectivity index (χ2v) is 8.77. The van der Waals surface area contributed by atoms with E-state index in [1.807, 2.05) is 38.1 Å². The smallest absolute Gasteiger partial charge is 0.226 e. The Morgan fingerprint density at radius 1 is 1.25 bits per heavy atom.